The van der Waals surface area contributed by atoms with Crippen LogP contribution in [0.5, 0.6) is 5.75 Å². The van der Waals surface area contributed by atoms with E-state index in [2.05, 4.69) is 0 Å². The maximum absolute atomic E-state index is 12.4. The zero-order valence-electron chi connectivity index (χ0n) is 11.2. The Morgan fingerprint density at radius 2 is 1.74 bits per heavy atom. The molecular weight excluding hydrogens is 238 g/mol. The van der Waals surface area contributed by atoms with Crippen LogP contribution in [-0.4, -0.2) is 29.0 Å². The monoisotopic (exact) mass is 259 g/mol. The summed E-state index contributed by atoms with van der Waals surface area (Å²) in [5.74, 6) is 1.88. The molecule has 19 heavy (non-hydrogen) atoms. The maximum Gasteiger partial charge on any atom is 0.253 e. The predicted octanol–water partition coefficient (Wildman–Crippen LogP) is 3.04. The van der Waals surface area contributed by atoms with Crippen LogP contribution >= 0.6 is 0 Å². The molecule has 0 spiro atoms. The van der Waals surface area contributed by atoms with Crippen LogP contribution in [0.25, 0.3) is 0 Å². The normalized spacial score (nSPS) is 26.8. The molecule has 0 radical (unpaired) electrons. The van der Waals surface area contributed by atoms with Gasteiger partial charge in [0.05, 0.1) is 0 Å². The Kier molecular flexibility index (Phi) is 3.45. The first-order chi connectivity index (χ1) is 9.24. The van der Waals surface area contributed by atoms with E-state index in [1.54, 1.807) is 24.3 Å². The van der Waals surface area contributed by atoms with Crippen molar-refractivity contribution in [2.45, 2.75) is 32.1 Å². The summed E-state index contributed by atoms with van der Waals surface area (Å²) in [5, 5.41) is 9.28. The van der Waals surface area contributed by atoms with Crippen molar-refractivity contribution < 1.29 is 9.90 Å². The molecule has 1 heterocycles. The third kappa shape index (κ3) is 2.60. The summed E-state index contributed by atoms with van der Waals surface area (Å²) in [6.45, 7) is 1.81. The maximum atomic E-state index is 12.4. The van der Waals surface area contributed by atoms with Crippen molar-refractivity contribution >= 4 is 5.91 Å². The van der Waals surface area contributed by atoms with E-state index >= 15 is 0 Å². The Morgan fingerprint density at radius 3 is 2.47 bits per heavy atom. The van der Waals surface area contributed by atoms with E-state index < -0.39 is 0 Å². The van der Waals surface area contributed by atoms with Gasteiger partial charge in [-0.1, -0.05) is 19.3 Å². The average molecular weight is 259 g/mol. The van der Waals surface area contributed by atoms with Gasteiger partial charge >= 0.3 is 0 Å². The zero-order chi connectivity index (χ0) is 13.2. The van der Waals surface area contributed by atoms with Crippen LogP contribution in [0.15, 0.2) is 24.3 Å². The van der Waals surface area contributed by atoms with Gasteiger partial charge in [-0.15, -0.1) is 0 Å². The molecule has 1 aromatic rings. The fraction of sp³-hybridized carbons (Fsp3) is 0.562. The summed E-state index contributed by atoms with van der Waals surface area (Å²) in [4.78, 5) is 14.4. The smallest absolute Gasteiger partial charge is 0.253 e. The van der Waals surface area contributed by atoms with Crippen molar-refractivity contribution in [1.29, 1.82) is 0 Å². The Bertz CT molecular complexity index is 454. The first-order valence-corrected chi connectivity index (χ1v) is 7.32. The quantitative estimate of drug-likeness (QED) is 0.842. The van der Waals surface area contributed by atoms with E-state index in [9.17, 15) is 9.90 Å². The highest BCUT2D eigenvalue weighted by Crippen LogP contribution is 2.36. The lowest BCUT2D eigenvalue weighted by Crippen LogP contribution is -2.44. The third-order valence-corrected chi connectivity index (χ3v) is 4.69. The van der Waals surface area contributed by atoms with Crippen molar-refractivity contribution in [2.75, 3.05) is 13.1 Å². The number of phenolic OH excluding ortho intramolecular Hbond substituents is 1. The second-order valence-electron chi connectivity index (χ2n) is 5.89. The van der Waals surface area contributed by atoms with E-state index in [0.29, 0.717) is 11.5 Å². The summed E-state index contributed by atoms with van der Waals surface area (Å²) < 4.78 is 0. The standard InChI is InChI=1S/C16H21NO2/c18-15-7-5-13(6-8-15)16(19)17-10-9-12-3-1-2-4-14(12)11-17/h5-8,12,14,18H,1-4,9-11H2. The minimum atomic E-state index is 0.115. The number of amides is 1. The number of benzene rings is 1. The van der Waals surface area contributed by atoms with Gasteiger partial charge in [0.15, 0.2) is 0 Å². The van der Waals surface area contributed by atoms with Crippen LogP contribution in [0.3, 0.4) is 0 Å². The van der Waals surface area contributed by atoms with Gasteiger partial charge < -0.3 is 10.0 Å². The summed E-state index contributed by atoms with van der Waals surface area (Å²) in [7, 11) is 0. The van der Waals surface area contributed by atoms with Crippen molar-refractivity contribution in [3.8, 4) is 5.75 Å². The molecule has 1 aliphatic heterocycles. The Labute approximate surface area is 114 Å². The summed E-state index contributed by atoms with van der Waals surface area (Å²) in [6, 6.07) is 6.59. The van der Waals surface area contributed by atoms with E-state index in [1.165, 1.54) is 25.7 Å². The largest absolute Gasteiger partial charge is 0.508 e. The third-order valence-electron chi connectivity index (χ3n) is 4.69. The molecular formula is C16H21NO2. The van der Waals surface area contributed by atoms with Crippen LogP contribution in [0.1, 0.15) is 42.5 Å². The molecule has 2 fully saturated rings. The van der Waals surface area contributed by atoms with E-state index in [0.717, 1.165) is 25.4 Å². The number of rotatable bonds is 1. The summed E-state index contributed by atoms with van der Waals surface area (Å²) >= 11 is 0. The van der Waals surface area contributed by atoms with Gasteiger partial charge in [-0.25, -0.2) is 0 Å². The average Bonchev–Trinajstić information content (AvgIpc) is 2.47. The SMILES string of the molecule is O=C(c1ccc(O)cc1)N1CCC2CCCCC2C1. The molecule has 0 bridgehead atoms. The van der Waals surface area contributed by atoms with E-state index in [4.69, 9.17) is 0 Å². The number of likely N-dealkylation sites (tertiary alicyclic amines) is 1. The molecule has 0 aromatic heterocycles. The second kappa shape index (κ2) is 5.24. The first-order valence-electron chi connectivity index (χ1n) is 7.32. The number of aromatic hydroxyl groups is 1. The van der Waals surface area contributed by atoms with Gasteiger partial charge in [0, 0.05) is 18.7 Å². The zero-order valence-corrected chi connectivity index (χ0v) is 11.2. The van der Waals surface area contributed by atoms with Crippen LogP contribution in [0.4, 0.5) is 0 Å². The fourth-order valence-corrected chi connectivity index (χ4v) is 3.57. The molecule has 3 rings (SSSR count). The fourth-order valence-electron chi connectivity index (χ4n) is 3.57. The van der Waals surface area contributed by atoms with Crippen molar-refractivity contribution in [3.63, 3.8) is 0 Å². The number of carbonyl (C=O) groups excluding carboxylic acids is 1. The molecule has 1 saturated carbocycles. The highest BCUT2D eigenvalue weighted by molar-refractivity contribution is 5.94. The lowest BCUT2D eigenvalue weighted by Gasteiger charge is -2.41. The summed E-state index contributed by atoms with van der Waals surface area (Å²) in [5.41, 5.74) is 0.687. The Hall–Kier alpha value is -1.51. The second-order valence-corrected chi connectivity index (χ2v) is 5.89. The number of piperidine rings is 1. The first kappa shape index (κ1) is 12.5. The molecule has 1 aliphatic carbocycles. The number of hydrogen-bond donors (Lipinski definition) is 1. The molecule has 2 unspecified atom stereocenters. The molecule has 1 amide bonds. The Morgan fingerprint density at radius 1 is 1.05 bits per heavy atom. The number of fused-ring (bicyclic) bond motifs is 1. The highest BCUT2D eigenvalue weighted by Gasteiger charge is 2.33. The van der Waals surface area contributed by atoms with Gasteiger partial charge in [-0.3, -0.25) is 4.79 Å². The van der Waals surface area contributed by atoms with Gasteiger partial charge in [0.25, 0.3) is 5.91 Å². The van der Waals surface area contributed by atoms with Crippen molar-refractivity contribution in [1.82, 2.24) is 4.90 Å². The number of phenols is 1. The minimum Gasteiger partial charge on any atom is -0.508 e. The molecule has 2 atom stereocenters. The van der Waals surface area contributed by atoms with Crippen molar-refractivity contribution in [2.24, 2.45) is 11.8 Å². The molecule has 1 N–H and O–H groups in total. The number of nitrogens with zero attached hydrogens (tertiary/aromatic N) is 1. The Balaban J connectivity index is 1.69. The molecule has 102 valence electrons. The molecule has 1 aromatic carbocycles. The molecule has 3 heteroatoms. The van der Waals surface area contributed by atoms with Gasteiger partial charge in [0.1, 0.15) is 5.75 Å². The number of hydrogen-bond acceptors (Lipinski definition) is 2. The van der Waals surface area contributed by atoms with E-state index in [-0.39, 0.29) is 11.7 Å². The van der Waals surface area contributed by atoms with Crippen LogP contribution in [0.2, 0.25) is 0 Å². The number of carbonyl (C=O) groups is 1. The van der Waals surface area contributed by atoms with Gasteiger partial charge in [-0.05, 0) is 48.9 Å². The predicted molar refractivity (Wildman–Crippen MR) is 74.1 cm³/mol. The van der Waals surface area contributed by atoms with Crippen LogP contribution in [-0.2, 0) is 0 Å². The molecule has 1 saturated heterocycles. The van der Waals surface area contributed by atoms with Crippen LogP contribution in [0, 0.1) is 11.8 Å². The lowest BCUT2D eigenvalue weighted by atomic mass is 9.75. The van der Waals surface area contributed by atoms with E-state index in [1.807, 2.05) is 4.90 Å². The molecule has 3 nitrogen and oxygen atoms in total. The minimum absolute atomic E-state index is 0.115. The summed E-state index contributed by atoms with van der Waals surface area (Å²) in [6.07, 6.45) is 6.49. The molecule has 2 aliphatic rings. The van der Waals surface area contributed by atoms with Gasteiger partial charge in [0.2, 0.25) is 0 Å². The lowest BCUT2D eigenvalue weighted by molar-refractivity contribution is 0.0521. The van der Waals surface area contributed by atoms with Crippen LogP contribution < -0.4 is 0 Å². The highest BCUT2D eigenvalue weighted by atomic mass is 16.3. The topological polar surface area (TPSA) is 40.5 Å². The van der Waals surface area contributed by atoms with Crippen molar-refractivity contribution in [3.05, 3.63) is 29.8 Å². The van der Waals surface area contributed by atoms with Gasteiger partial charge in [-0.2, -0.15) is 0 Å².